The topological polar surface area (TPSA) is 232 Å². The molecule has 0 unspecified atom stereocenters. The zero-order valence-corrected chi connectivity index (χ0v) is 20.2. The summed E-state index contributed by atoms with van der Waals surface area (Å²) in [6.45, 7) is -0.413. The Labute approximate surface area is 209 Å². The Hall–Kier alpha value is -3.55. The first kappa shape index (κ1) is 30.5. The van der Waals surface area contributed by atoms with Gasteiger partial charge in [0, 0.05) is 25.4 Å². The number of carbonyl (C=O) groups is 5. The summed E-state index contributed by atoms with van der Waals surface area (Å²) in [4.78, 5) is 60.5. The SMILES string of the molecule is NCCC[C@@H](NC(=O)CNC(=O)[C@@H](Cc1ccccc1)NC(=O)CN)C(=O)N[C@@H](CN)CCC(=O)O. The van der Waals surface area contributed by atoms with Crippen molar-refractivity contribution in [2.24, 2.45) is 17.2 Å². The van der Waals surface area contributed by atoms with Crippen molar-refractivity contribution in [3.8, 4) is 0 Å². The van der Waals surface area contributed by atoms with E-state index in [-0.39, 0.29) is 45.3 Å². The van der Waals surface area contributed by atoms with Gasteiger partial charge in [-0.2, -0.15) is 0 Å². The van der Waals surface area contributed by atoms with Crippen molar-refractivity contribution in [2.75, 3.05) is 26.2 Å². The molecular weight excluding hydrogens is 470 g/mol. The molecule has 1 rings (SSSR count). The minimum absolute atomic E-state index is 0.0317. The molecule has 0 spiro atoms. The van der Waals surface area contributed by atoms with Crippen molar-refractivity contribution >= 4 is 29.6 Å². The maximum absolute atomic E-state index is 12.7. The number of hydrogen-bond acceptors (Lipinski definition) is 8. The van der Waals surface area contributed by atoms with Gasteiger partial charge in [-0.15, -0.1) is 0 Å². The average Bonchev–Trinajstić information content (AvgIpc) is 2.87. The Morgan fingerprint density at radius 3 is 2.08 bits per heavy atom. The quantitative estimate of drug-likeness (QED) is 0.110. The maximum Gasteiger partial charge on any atom is 0.303 e. The average molecular weight is 508 g/mol. The third kappa shape index (κ3) is 12.2. The molecule has 0 aliphatic rings. The molecule has 0 bridgehead atoms. The molecule has 0 fully saturated rings. The van der Waals surface area contributed by atoms with Crippen molar-refractivity contribution < 1.29 is 29.1 Å². The predicted octanol–water partition coefficient (Wildman–Crippen LogP) is -2.68. The summed E-state index contributed by atoms with van der Waals surface area (Å²) in [6, 6.07) is 6.54. The number of carboxylic acid groups (broad SMARTS) is 1. The van der Waals surface area contributed by atoms with E-state index >= 15 is 0 Å². The number of nitrogens with one attached hydrogen (secondary N) is 4. The van der Waals surface area contributed by atoms with Gasteiger partial charge in [0.1, 0.15) is 12.1 Å². The molecule has 200 valence electrons. The molecule has 11 N–H and O–H groups in total. The van der Waals surface area contributed by atoms with E-state index in [1.165, 1.54) is 0 Å². The fourth-order valence-electron chi connectivity index (χ4n) is 3.29. The molecule has 0 saturated heterocycles. The highest BCUT2D eigenvalue weighted by Gasteiger charge is 2.25. The number of hydrogen-bond donors (Lipinski definition) is 8. The first-order chi connectivity index (χ1) is 17.2. The first-order valence-corrected chi connectivity index (χ1v) is 11.7. The molecular formula is C23H37N7O6. The minimum atomic E-state index is -1.01. The number of aliphatic carboxylic acids is 1. The van der Waals surface area contributed by atoms with Gasteiger partial charge >= 0.3 is 5.97 Å². The van der Waals surface area contributed by atoms with Gasteiger partial charge in [-0.05, 0) is 31.4 Å². The second kappa shape index (κ2) is 17.0. The molecule has 36 heavy (non-hydrogen) atoms. The fraction of sp³-hybridized carbons (Fsp3) is 0.522. The van der Waals surface area contributed by atoms with Gasteiger partial charge in [-0.3, -0.25) is 24.0 Å². The summed E-state index contributed by atoms with van der Waals surface area (Å²) in [6.07, 6.45) is 0.846. The van der Waals surface area contributed by atoms with E-state index in [2.05, 4.69) is 21.3 Å². The van der Waals surface area contributed by atoms with Crippen molar-refractivity contribution in [1.82, 2.24) is 21.3 Å². The lowest BCUT2D eigenvalue weighted by molar-refractivity contribution is -0.137. The number of amides is 4. The van der Waals surface area contributed by atoms with Crippen LogP contribution in [0.15, 0.2) is 30.3 Å². The largest absolute Gasteiger partial charge is 0.481 e. The molecule has 0 aliphatic heterocycles. The molecule has 13 heteroatoms. The number of nitrogens with two attached hydrogens (primary N) is 3. The Bertz CT molecular complexity index is 868. The van der Waals surface area contributed by atoms with E-state index in [1.54, 1.807) is 24.3 Å². The van der Waals surface area contributed by atoms with E-state index < -0.39 is 54.3 Å². The van der Waals surface area contributed by atoms with Crippen LogP contribution in [0.3, 0.4) is 0 Å². The molecule has 1 aromatic rings. The Balaban J connectivity index is 2.73. The molecule has 13 nitrogen and oxygen atoms in total. The minimum Gasteiger partial charge on any atom is -0.481 e. The molecule has 0 aliphatic carbocycles. The number of benzene rings is 1. The van der Waals surface area contributed by atoms with Crippen molar-refractivity contribution in [1.29, 1.82) is 0 Å². The van der Waals surface area contributed by atoms with Crippen LogP contribution in [-0.2, 0) is 30.4 Å². The first-order valence-electron chi connectivity index (χ1n) is 11.7. The lowest BCUT2D eigenvalue weighted by atomic mass is 10.1. The van der Waals surface area contributed by atoms with Gasteiger partial charge in [0.15, 0.2) is 0 Å². The van der Waals surface area contributed by atoms with Crippen molar-refractivity contribution in [3.05, 3.63) is 35.9 Å². The summed E-state index contributed by atoms with van der Waals surface area (Å²) in [7, 11) is 0. The van der Waals surface area contributed by atoms with Crippen LogP contribution < -0.4 is 38.5 Å². The van der Waals surface area contributed by atoms with E-state index in [0.717, 1.165) is 5.56 Å². The summed E-state index contributed by atoms with van der Waals surface area (Å²) in [5.41, 5.74) is 17.3. The van der Waals surface area contributed by atoms with Crippen LogP contribution in [0.2, 0.25) is 0 Å². The number of rotatable bonds is 17. The molecule has 1 aromatic carbocycles. The summed E-state index contributed by atoms with van der Waals surface area (Å²) in [5.74, 6) is -3.28. The highest BCUT2D eigenvalue weighted by molar-refractivity contribution is 5.93. The fourth-order valence-corrected chi connectivity index (χ4v) is 3.29. The van der Waals surface area contributed by atoms with Gasteiger partial charge in [0.05, 0.1) is 13.1 Å². The van der Waals surface area contributed by atoms with Gasteiger partial charge in [-0.1, -0.05) is 30.3 Å². The highest BCUT2D eigenvalue weighted by Crippen LogP contribution is 2.04. The monoisotopic (exact) mass is 507 g/mol. The summed E-state index contributed by atoms with van der Waals surface area (Å²) < 4.78 is 0. The number of carbonyl (C=O) groups excluding carboxylic acids is 4. The highest BCUT2D eigenvalue weighted by atomic mass is 16.4. The van der Waals surface area contributed by atoms with Crippen LogP contribution in [0.4, 0.5) is 0 Å². The second-order valence-electron chi connectivity index (χ2n) is 8.16. The van der Waals surface area contributed by atoms with E-state index in [9.17, 15) is 24.0 Å². The van der Waals surface area contributed by atoms with Crippen LogP contribution in [0.1, 0.15) is 31.2 Å². The molecule has 0 saturated carbocycles. The van der Waals surface area contributed by atoms with Gasteiger partial charge in [0.25, 0.3) is 0 Å². The predicted molar refractivity (Wildman–Crippen MR) is 132 cm³/mol. The smallest absolute Gasteiger partial charge is 0.303 e. The Morgan fingerprint density at radius 2 is 1.50 bits per heavy atom. The summed E-state index contributed by atoms with van der Waals surface area (Å²) >= 11 is 0. The van der Waals surface area contributed by atoms with Crippen LogP contribution in [0, 0.1) is 0 Å². The van der Waals surface area contributed by atoms with E-state index in [0.29, 0.717) is 6.42 Å². The third-order valence-corrected chi connectivity index (χ3v) is 5.23. The van der Waals surface area contributed by atoms with Crippen LogP contribution in [0.5, 0.6) is 0 Å². The van der Waals surface area contributed by atoms with Crippen molar-refractivity contribution in [3.63, 3.8) is 0 Å². The zero-order valence-electron chi connectivity index (χ0n) is 20.2. The second-order valence-corrected chi connectivity index (χ2v) is 8.16. The lowest BCUT2D eigenvalue weighted by Gasteiger charge is -2.23. The third-order valence-electron chi connectivity index (χ3n) is 5.23. The number of carboxylic acids is 1. The molecule has 0 aromatic heterocycles. The molecule has 3 atom stereocenters. The van der Waals surface area contributed by atoms with Crippen LogP contribution in [0.25, 0.3) is 0 Å². The molecule has 4 amide bonds. The zero-order chi connectivity index (χ0) is 26.9. The lowest BCUT2D eigenvalue weighted by Crippen LogP contribution is -2.54. The van der Waals surface area contributed by atoms with Gasteiger partial charge in [-0.25, -0.2) is 0 Å². The van der Waals surface area contributed by atoms with Gasteiger partial charge < -0.3 is 43.6 Å². The molecule has 0 heterocycles. The van der Waals surface area contributed by atoms with Crippen molar-refractivity contribution in [2.45, 2.75) is 50.2 Å². The van der Waals surface area contributed by atoms with E-state index in [4.69, 9.17) is 22.3 Å². The van der Waals surface area contributed by atoms with Crippen LogP contribution >= 0.6 is 0 Å². The standard InChI is InChI=1S/C23H37N7O6/c24-10-4-7-17(23(36)28-16(12-25)8-9-21(33)34)29-20(32)14-27-22(35)18(30-19(31)13-26)11-15-5-2-1-3-6-15/h1-3,5-6,16-18H,4,7-14,24-26H2,(H,27,35)(H,28,36)(H,29,32)(H,30,31)(H,33,34)/t16-,17-,18-/m1/s1. The van der Waals surface area contributed by atoms with E-state index in [1.807, 2.05) is 6.07 Å². The maximum atomic E-state index is 12.7. The molecule has 0 radical (unpaired) electrons. The summed E-state index contributed by atoms with van der Waals surface area (Å²) in [5, 5.41) is 19.0. The Morgan fingerprint density at radius 1 is 0.833 bits per heavy atom. The van der Waals surface area contributed by atoms with Crippen LogP contribution in [-0.4, -0.2) is 79.0 Å². The van der Waals surface area contributed by atoms with Gasteiger partial charge in [0.2, 0.25) is 23.6 Å². The Kier molecular flexibility index (Phi) is 14.4. The normalized spacial score (nSPS) is 13.1.